The second-order valence-electron chi connectivity index (χ2n) is 4.42. The van der Waals surface area contributed by atoms with E-state index in [4.69, 9.17) is 11.0 Å². The van der Waals surface area contributed by atoms with Crippen LogP contribution in [0.4, 0.5) is 0 Å². The Morgan fingerprint density at radius 2 is 2.11 bits per heavy atom. The van der Waals surface area contributed by atoms with Crippen LogP contribution >= 0.6 is 0 Å². The number of nitriles is 1. The molecule has 3 N–H and O–H groups in total. The Bertz CT molecular complexity index is 568. The number of primary amides is 1. The van der Waals surface area contributed by atoms with Crippen molar-refractivity contribution in [2.24, 2.45) is 5.73 Å². The first kappa shape index (κ1) is 12.2. The fourth-order valence-electron chi connectivity index (χ4n) is 2.28. The van der Waals surface area contributed by atoms with Crippen LogP contribution < -0.4 is 5.73 Å². The van der Waals surface area contributed by atoms with Crippen LogP contribution in [0.5, 0.6) is 5.75 Å². The number of carbonyl (C=O) groups excluding carboxylic acids is 1. The lowest BCUT2D eigenvalue weighted by Gasteiger charge is -2.17. The summed E-state index contributed by atoms with van der Waals surface area (Å²) in [5.41, 5.74) is 7.69. The van der Waals surface area contributed by atoms with Crippen LogP contribution in [-0.4, -0.2) is 11.0 Å². The number of amides is 1. The van der Waals surface area contributed by atoms with Crippen molar-refractivity contribution in [1.82, 2.24) is 0 Å². The van der Waals surface area contributed by atoms with Crippen molar-refractivity contribution in [2.75, 3.05) is 0 Å². The number of rotatable bonds is 2. The zero-order chi connectivity index (χ0) is 13.1. The lowest BCUT2D eigenvalue weighted by atomic mass is 9.89. The summed E-state index contributed by atoms with van der Waals surface area (Å²) in [7, 11) is 0. The molecule has 0 radical (unpaired) electrons. The molecule has 1 aromatic carbocycles. The molecule has 0 aliphatic heterocycles. The lowest BCUT2D eigenvalue weighted by Crippen LogP contribution is -2.12. The van der Waals surface area contributed by atoms with Gasteiger partial charge in [-0.3, -0.25) is 4.79 Å². The van der Waals surface area contributed by atoms with Crippen LogP contribution in [0.2, 0.25) is 0 Å². The number of phenolic OH excluding ortho intramolecular Hbond substituents is 1. The van der Waals surface area contributed by atoms with Crippen molar-refractivity contribution in [1.29, 1.82) is 5.26 Å². The number of fused-ring (bicyclic) bond motifs is 1. The van der Waals surface area contributed by atoms with Crippen LogP contribution in [-0.2, 0) is 17.6 Å². The van der Waals surface area contributed by atoms with Gasteiger partial charge in [-0.1, -0.05) is 6.07 Å². The molecule has 4 heteroatoms. The Labute approximate surface area is 105 Å². The number of aromatic hydroxyl groups is 1. The molecule has 0 fully saturated rings. The van der Waals surface area contributed by atoms with Crippen molar-refractivity contribution in [3.63, 3.8) is 0 Å². The van der Waals surface area contributed by atoms with E-state index in [0.29, 0.717) is 5.56 Å². The number of aryl methyl sites for hydroxylation is 1. The summed E-state index contributed by atoms with van der Waals surface area (Å²) in [5, 5.41) is 18.7. The van der Waals surface area contributed by atoms with Crippen molar-refractivity contribution in [2.45, 2.75) is 25.7 Å². The molecule has 1 amide bonds. The molecule has 4 nitrogen and oxygen atoms in total. The third-order valence-corrected chi connectivity index (χ3v) is 3.16. The average Bonchev–Trinajstić information content (AvgIpc) is 2.35. The molecular formula is C14H14N2O2. The maximum absolute atomic E-state index is 11.0. The molecule has 0 saturated carbocycles. The van der Waals surface area contributed by atoms with Crippen LogP contribution in [0.1, 0.15) is 29.5 Å². The highest BCUT2D eigenvalue weighted by molar-refractivity contribution is 6.00. The molecule has 0 aromatic heterocycles. The summed E-state index contributed by atoms with van der Waals surface area (Å²) >= 11 is 0. The highest BCUT2D eigenvalue weighted by Gasteiger charge is 2.14. The highest BCUT2D eigenvalue weighted by atomic mass is 16.3. The number of nitrogens with two attached hydrogens (primary N) is 1. The van der Waals surface area contributed by atoms with E-state index in [1.54, 1.807) is 12.1 Å². The molecule has 0 saturated heterocycles. The minimum atomic E-state index is -0.755. The monoisotopic (exact) mass is 242 g/mol. The third-order valence-electron chi connectivity index (χ3n) is 3.16. The SMILES string of the molecule is N#CC(=Cc1cc(O)c2c(c1)CCCC2)C(N)=O. The van der Waals surface area contributed by atoms with Crippen molar-refractivity contribution in [3.8, 4) is 11.8 Å². The van der Waals surface area contributed by atoms with E-state index in [2.05, 4.69) is 0 Å². The summed E-state index contributed by atoms with van der Waals surface area (Å²) in [6.45, 7) is 0. The molecule has 0 bridgehead atoms. The quantitative estimate of drug-likeness (QED) is 0.610. The van der Waals surface area contributed by atoms with E-state index in [9.17, 15) is 9.90 Å². The molecule has 1 aromatic rings. The summed E-state index contributed by atoms with van der Waals surface area (Å²) in [5.74, 6) is -0.519. The molecule has 1 aliphatic carbocycles. The first-order valence-electron chi connectivity index (χ1n) is 5.88. The summed E-state index contributed by atoms with van der Waals surface area (Å²) < 4.78 is 0. The zero-order valence-corrected chi connectivity index (χ0v) is 9.94. The predicted octanol–water partition coefficient (Wildman–Crippen LogP) is 1.66. The Kier molecular flexibility index (Phi) is 3.33. The van der Waals surface area contributed by atoms with Gasteiger partial charge in [0, 0.05) is 0 Å². The van der Waals surface area contributed by atoms with Gasteiger partial charge in [0.25, 0.3) is 5.91 Å². The minimum Gasteiger partial charge on any atom is -0.508 e. The summed E-state index contributed by atoms with van der Waals surface area (Å²) in [4.78, 5) is 11.0. The Morgan fingerprint density at radius 3 is 2.78 bits per heavy atom. The summed E-state index contributed by atoms with van der Waals surface area (Å²) in [6.07, 6.45) is 5.40. The van der Waals surface area contributed by atoms with Gasteiger partial charge in [0.05, 0.1) is 0 Å². The molecule has 18 heavy (non-hydrogen) atoms. The third kappa shape index (κ3) is 2.35. The van der Waals surface area contributed by atoms with Gasteiger partial charge in [-0.05, 0) is 54.5 Å². The van der Waals surface area contributed by atoms with Gasteiger partial charge >= 0.3 is 0 Å². The predicted molar refractivity (Wildman–Crippen MR) is 67.5 cm³/mol. The average molecular weight is 242 g/mol. The van der Waals surface area contributed by atoms with E-state index < -0.39 is 5.91 Å². The van der Waals surface area contributed by atoms with Crippen LogP contribution in [0.15, 0.2) is 17.7 Å². The van der Waals surface area contributed by atoms with Gasteiger partial charge in [0.2, 0.25) is 0 Å². The molecule has 0 atom stereocenters. The van der Waals surface area contributed by atoms with Crippen LogP contribution in [0.25, 0.3) is 6.08 Å². The Hall–Kier alpha value is -2.28. The second-order valence-corrected chi connectivity index (χ2v) is 4.42. The van der Waals surface area contributed by atoms with E-state index in [1.165, 1.54) is 6.08 Å². The number of phenols is 1. The van der Waals surface area contributed by atoms with Gasteiger partial charge < -0.3 is 10.8 Å². The van der Waals surface area contributed by atoms with E-state index >= 15 is 0 Å². The lowest BCUT2D eigenvalue weighted by molar-refractivity contribution is -0.114. The highest BCUT2D eigenvalue weighted by Crippen LogP contribution is 2.31. The van der Waals surface area contributed by atoms with Crippen molar-refractivity contribution >= 4 is 12.0 Å². The number of benzene rings is 1. The molecule has 0 heterocycles. The number of hydrogen-bond donors (Lipinski definition) is 2. The van der Waals surface area contributed by atoms with Gasteiger partial charge in [-0.25, -0.2) is 0 Å². The standard InChI is InChI=1S/C14H14N2O2/c15-8-11(14(16)18)6-9-5-10-3-1-2-4-12(10)13(17)7-9/h5-7,17H,1-4H2,(H2,16,18). The Morgan fingerprint density at radius 1 is 1.39 bits per heavy atom. The van der Waals surface area contributed by atoms with Gasteiger partial charge in [-0.2, -0.15) is 5.26 Å². The number of nitrogens with zero attached hydrogens (tertiary/aromatic N) is 1. The Balaban J connectivity index is 2.45. The number of hydrogen-bond acceptors (Lipinski definition) is 3. The molecule has 92 valence electrons. The van der Waals surface area contributed by atoms with Crippen molar-refractivity contribution < 1.29 is 9.90 Å². The van der Waals surface area contributed by atoms with Gasteiger partial charge in [0.1, 0.15) is 17.4 Å². The molecule has 2 rings (SSSR count). The zero-order valence-electron chi connectivity index (χ0n) is 9.94. The van der Waals surface area contributed by atoms with Crippen LogP contribution in [0, 0.1) is 11.3 Å². The minimum absolute atomic E-state index is 0.106. The maximum atomic E-state index is 11.0. The topological polar surface area (TPSA) is 87.1 Å². The molecule has 1 aliphatic rings. The molecule has 0 spiro atoms. The van der Waals surface area contributed by atoms with E-state index in [-0.39, 0.29) is 11.3 Å². The largest absolute Gasteiger partial charge is 0.508 e. The first-order chi connectivity index (χ1) is 8.61. The fourth-order valence-corrected chi connectivity index (χ4v) is 2.28. The molecule has 0 unspecified atom stereocenters. The normalized spacial score (nSPS) is 14.7. The first-order valence-corrected chi connectivity index (χ1v) is 5.88. The smallest absolute Gasteiger partial charge is 0.259 e. The van der Waals surface area contributed by atoms with Gasteiger partial charge in [0.15, 0.2) is 0 Å². The van der Waals surface area contributed by atoms with E-state index in [0.717, 1.165) is 36.8 Å². The number of carbonyl (C=O) groups is 1. The molecular weight excluding hydrogens is 228 g/mol. The maximum Gasteiger partial charge on any atom is 0.259 e. The van der Waals surface area contributed by atoms with Crippen molar-refractivity contribution in [3.05, 3.63) is 34.4 Å². The van der Waals surface area contributed by atoms with Crippen LogP contribution in [0.3, 0.4) is 0 Å². The second kappa shape index (κ2) is 4.92. The summed E-state index contributed by atoms with van der Waals surface area (Å²) in [6, 6.07) is 5.24. The fraction of sp³-hybridized carbons (Fsp3) is 0.286. The van der Waals surface area contributed by atoms with Gasteiger partial charge in [-0.15, -0.1) is 0 Å². The van der Waals surface area contributed by atoms with E-state index in [1.807, 2.05) is 6.07 Å².